The Morgan fingerprint density at radius 2 is 1.77 bits per heavy atom. The van der Waals surface area contributed by atoms with Crippen molar-refractivity contribution >= 4 is 23.4 Å². The fraction of sp³-hybridized carbons (Fsp3) is 0.348. The third-order valence-electron chi connectivity index (χ3n) is 4.98. The first-order chi connectivity index (χ1) is 14.8. The van der Waals surface area contributed by atoms with Crippen LogP contribution in [-0.4, -0.2) is 26.0 Å². The summed E-state index contributed by atoms with van der Waals surface area (Å²) in [5.41, 5.74) is 4.02. The van der Waals surface area contributed by atoms with E-state index in [1.54, 1.807) is 0 Å². The molecule has 1 heterocycles. The van der Waals surface area contributed by atoms with Crippen LogP contribution in [-0.2, 0) is 11.4 Å². The van der Waals surface area contributed by atoms with Gasteiger partial charge in [0.1, 0.15) is 12.4 Å². The summed E-state index contributed by atoms with van der Waals surface area (Å²) in [5.74, 6) is 7.67. The van der Waals surface area contributed by atoms with Gasteiger partial charge in [0, 0.05) is 5.69 Å². The van der Waals surface area contributed by atoms with E-state index >= 15 is 0 Å². The van der Waals surface area contributed by atoms with Gasteiger partial charge in [-0.1, -0.05) is 62.0 Å². The van der Waals surface area contributed by atoms with Crippen LogP contribution in [0.25, 0.3) is 0 Å². The van der Waals surface area contributed by atoms with E-state index in [1.807, 2.05) is 63.2 Å². The number of nitrogens with two attached hydrogens (primary N) is 1. The number of aryl methyl sites for hydroxylation is 2. The molecular weight excluding hydrogens is 410 g/mol. The van der Waals surface area contributed by atoms with Gasteiger partial charge in [0.05, 0.1) is 5.25 Å². The lowest BCUT2D eigenvalue weighted by molar-refractivity contribution is -0.115. The Balaban J connectivity index is 1.64. The van der Waals surface area contributed by atoms with E-state index in [2.05, 4.69) is 29.4 Å². The zero-order chi connectivity index (χ0) is 22.5. The highest BCUT2D eigenvalue weighted by Crippen LogP contribution is 2.27. The summed E-state index contributed by atoms with van der Waals surface area (Å²) in [6, 6.07) is 13.8. The fourth-order valence-corrected chi connectivity index (χ4v) is 4.00. The van der Waals surface area contributed by atoms with Crippen molar-refractivity contribution in [3.63, 3.8) is 0 Å². The maximum Gasteiger partial charge on any atom is 0.237 e. The molecule has 3 rings (SSSR count). The molecule has 1 unspecified atom stereocenters. The number of nitrogens with zero attached hydrogens (tertiary/aromatic N) is 3. The van der Waals surface area contributed by atoms with E-state index in [0.29, 0.717) is 16.9 Å². The molecule has 0 fully saturated rings. The highest BCUT2D eigenvalue weighted by molar-refractivity contribution is 8.00. The quantitative estimate of drug-likeness (QED) is 0.398. The van der Waals surface area contributed by atoms with Gasteiger partial charge in [-0.15, -0.1) is 10.2 Å². The number of para-hydroxylation sites is 2. The lowest BCUT2D eigenvalue weighted by Gasteiger charge is -2.16. The summed E-state index contributed by atoms with van der Waals surface area (Å²) >= 11 is 1.26. The molecule has 0 aliphatic heterocycles. The summed E-state index contributed by atoms with van der Waals surface area (Å²) in [4.78, 5) is 12.7. The molecule has 31 heavy (non-hydrogen) atoms. The van der Waals surface area contributed by atoms with Crippen molar-refractivity contribution in [2.24, 2.45) is 0 Å². The number of carbonyl (C=O) groups is 1. The second-order valence-corrected chi connectivity index (χ2v) is 9.08. The maximum atomic E-state index is 12.7. The Hall–Kier alpha value is -3.00. The lowest BCUT2D eigenvalue weighted by Crippen LogP contribution is -2.24. The summed E-state index contributed by atoms with van der Waals surface area (Å²) in [6.45, 7) is 10.2. The molecule has 1 amide bonds. The van der Waals surface area contributed by atoms with Crippen molar-refractivity contribution in [1.29, 1.82) is 0 Å². The number of thioether (sulfide) groups is 1. The van der Waals surface area contributed by atoms with Crippen molar-refractivity contribution in [3.05, 3.63) is 65.0 Å². The van der Waals surface area contributed by atoms with E-state index in [-0.39, 0.29) is 12.5 Å². The molecule has 0 aliphatic carbocycles. The first-order valence-corrected chi connectivity index (χ1v) is 11.1. The molecule has 1 atom stereocenters. The van der Waals surface area contributed by atoms with Gasteiger partial charge < -0.3 is 15.9 Å². The first-order valence-electron chi connectivity index (χ1n) is 10.2. The number of nitrogen functional groups attached to an aromatic ring is 1. The van der Waals surface area contributed by atoms with Crippen molar-refractivity contribution in [2.45, 2.75) is 57.5 Å². The minimum atomic E-state index is -0.404. The number of carbonyl (C=O) groups excluding carboxylic acids is 1. The maximum absolute atomic E-state index is 12.7. The monoisotopic (exact) mass is 439 g/mol. The molecule has 0 bridgehead atoms. The Bertz CT molecular complexity index is 1040. The SMILES string of the molecule is Cc1cccc(C)c1OCc1nnc(SC(C)C(=O)Nc2ccccc2C(C)C)n1N. The summed E-state index contributed by atoms with van der Waals surface area (Å²) in [7, 11) is 0. The van der Waals surface area contributed by atoms with E-state index in [1.165, 1.54) is 16.4 Å². The zero-order valence-electron chi connectivity index (χ0n) is 18.5. The summed E-state index contributed by atoms with van der Waals surface area (Å²) < 4.78 is 7.30. The van der Waals surface area contributed by atoms with Crippen LogP contribution in [0, 0.1) is 13.8 Å². The normalized spacial score (nSPS) is 12.1. The van der Waals surface area contributed by atoms with Crippen LogP contribution in [0.15, 0.2) is 47.6 Å². The minimum Gasteiger partial charge on any atom is -0.485 e. The molecule has 3 N–H and O–H groups in total. The number of aromatic nitrogens is 3. The van der Waals surface area contributed by atoms with E-state index < -0.39 is 5.25 Å². The van der Waals surface area contributed by atoms with Gasteiger partial charge >= 0.3 is 0 Å². The average molecular weight is 440 g/mol. The first kappa shape index (κ1) is 22.7. The Morgan fingerprint density at radius 1 is 1.10 bits per heavy atom. The molecule has 2 aromatic carbocycles. The molecule has 3 aromatic rings. The largest absolute Gasteiger partial charge is 0.485 e. The predicted octanol–water partition coefficient (Wildman–Crippen LogP) is 4.43. The number of hydrogen-bond donors (Lipinski definition) is 2. The highest BCUT2D eigenvalue weighted by Gasteiger charge is 2.21. The van der Waals surface area contributed by atoms with Crippen LogP contribution in [0.2, 0.25) is 0 Å². The van der Waals surface area contributed by atoms with Crippen molar-refractivity contribution in [1.82, 2.24) is 14.9 Å². The van der Waals surface area contributed by atoms with Crippen molar-refractivity contribution in [2.75, 3.05) is 11.2 Å². The molecule has 8 heteroatoms. The van der Waals surface area contributed by atoms with Crippen LogP contribution in [0.4, 0.5) is 5.69 Å². The highest BCUT2D eigenvalue weighted by atomic mass is 32.2. The summed E-state index contributed by atoms with van der Waals surface area (Å²) in [6.07, 6.45) is 0. The van der Waals surface area contributed by atoms with Crippen LogP contribution in [0.3, 0.4) is 0 Å². The molecule has 1 aromatic heterocycles. The van der Waals surface area contributed by atoms with Gasteiger partial charge in [-0.05, 0) is 49.4 Å². The molecule has 7 nitrogen and oxygen atoms in total. The topological polar surface area (TPSA) is 95.1 Å². The van der Waals surface area contributed by atoms with E-state index in [9.17, 15) is 4.79 Å². The van der Waals surface area contributed by atoms with Gasteiger partial charge in [-0.25, -0.2) is 4.68 Å². The van der Waals surface area contributed by atoms with E-state index in [4.69, 9.17) is 10.6 Å². The van der Waals surface area contributed by atoms with Crippen LogP contribution in [0.5, 0.6) is 5.75 Å². The second kappa shape index (κ2) is 9.87. The van der Waals surface area contributed by atoms with E-state index in [0.717, 1.165) is 28.1 Å². The van der Waals surface area contributed by atoms with Gasteiger partial charge in [0.15, 0.2) is 5.82 Å². The molecule has 164 valence electrons. The molecular formula is C23H29N5O2S. The van der Waals surface area contributed by atoms with Gasteiger partial charge in [-0.2, -0.15) is 0 Å². The molecule has 0 spiro atoms. The van der Waals surface area contributed by atoms with Crippen molar-refractivity contribution < 1.29 is 9.53 Å². The average Bonchev–Trinajstić information content (AvgIpc) is 3.07. The Kier molecular flexibility index (Phi) is 7.22. The zero-order valence-corrected chi connectivity index (χ0v) is 19.4. The summed E-state index contributed by atoms with van der Waals surface area (Å²) in [5, 5.41) is 11.3. The number of hydrogen-bond acceptors (Lipinski definition) is 6. The number of anilines is 1. The van der Waals surface area contributed by atoms with Crippen LogP contribution in [0.1, 0.15) is 49.2 Å². The third kappa shape index (κ3) is 5.38. The van der Waals surface area contributed by atoms with Gasteiger partial charge in [-0.3, -0.25) is 4.79 Å². The van der Waals surface area contributed by atoms with Gasteiger partial charge in [0.25, 0.3) is 0 Å². The Morgan fingerprint density at radius 3 is 2.45 bits per heavy atom. The number of ether oxygens (including phenoxy) is 1. The van der Waals surface area contributed by atoms with Gasteiger partial charge in [0.2, 0.25) is 11.1 Å². The predicted molar refractivity (Wildman–Crippen MR) is 125 cm³/mol. The van der Waals surface area contributed by atoms with Crippen LogP contribution < -0.4 is 15.9 Å². The molecule has 0 radical (unpaired) electrons. The number of rotatable bonds is 8. The molecule has 0 saturated heterocycles. The number of benzene rings is 2. The molecule has 0 aliphatic rings. The van der Waals surface area contributed by atoms with Crippen molar-refractivity contribution in [3.8, 4) is 5.75 Å². The third-order valence-corrected chi connectivity index (χ3v) is 6.04. The standard InChI is InChI=1S/C23H29N5O2S/c1-14(2)18-11-6-7-12-19(18)25-22(29)17(5)31-23-27-26-20(28(23)24)13-30-21-15(3)9-8-10-16(21)4/h6-12,14,17H,13,24H2,1-5H3,(H,25,29). The van der Waals surface area contributed by atoms with Crippen LogP contribution >= 0.6 is 11.8 Å². The fourth-order valence-electron chi connectivity index (χ4n) is 3.21. The molecule has 0 saturated carbocycles. The second-order valence-electron chi connectivity index (χ2n) is 7.77. The Labute approximate surface area is 187 Å². The minimum absolute atomic E-state index is 0.116. The number of amides is 1. The number of nitrogens with one attached hydrogen (secondary N) is 1. The smallest absolute Gasteiger partial charge is 0.237 e. The lowest BCUT2D eigenvalue weighted by atomic mass is 10.0.